The van der Waals surface area contributed by atoms with Gasteiger partial charge in [0.2, 0.25) is 0 Å². The molecule has 2 aromatic rings. The summed E-state index contributed by atoms with van der Waals surface area (Å²) in [5.74, 6) is 1.46. The van der Waals surface area contributed by atoms with Crippen LogP contribution in [0.15, 0.2) is 18.5 Å². The maximum Gasteiger partial charge on any atom is 0.265 e. The zero-order chi connectivity index (χ0) is 16.0. The quantitative estimate of drug-likeness (QED) is 0.773. The summed E-state index contributed by atoms with van der Waals surface area (Å²) < 4.78 is 1.68. The number of halogens is 2. The highest BCUT2D eigenvalue weighted by molar-refractivity contribution is 7.14. The van der Waals surface area contributed by atoms with Crippen LogP contribution in [0.2, 0.25) is 0 Å². The Morgan fingerprint density at radius 2 is 2.16 bits per heavy atom. The van der Waals surface area contributed by atoms with E-state index in [1.807, 2.05) is 7.05 Å². The number of amides is 1. The van der Waals surface area contributed by atoms with Crippen LogP contribution in [0.4, 0.5) is 5.69 Å². The summed E-state index contributed by atoms with van der Waals surface area (Å²) in [7, 11) is 1.84. The minimum absolute atomic E-state index is 0. The first-order valence-corrected chi connectivity index (χ1v) is 9.05. The van der Waals surface area contributed by atoms with E-state index in [0.29, 0.717) is 12.0 Å². The number of thiophene rings is 1. The number of nitrogens with one attached hydrogen (secondary N) is 2. The van der Waals surface area contributed by atoms with Crippen LogP contribution in [0, 0.1) is 12.8 Å². The maximum atomic E-state index is 12.4. The number of nitrogens with zero attached hydrogens (tertiary/aromatic N) is 2. The van der Waals surface area contributed by atoms with Gasteiger partial charge in [0.05, 0.1) is 16.8 Å². The predicted molar refractivity (Wildman–Crippen MR) is 107 cm³/mol. The third kappa shape index (κ3) is 4.76. The number of carbonyl (C=O) groups is 1. The second kappa shape index (κ2) is 8.08. The van der Waals surface area contributed by atoms with Crippen molar-refractivity contribution in [1.82, 2.24) is 15.1 Å². The van der Waals surface area contributed by atoms with Crippen molar-refractivity contribution in [2.75, 3.05) is 11.9 Å². The summed E-state index contributed by atoms with van der Waals surface area (Å²) in [5, 5.41) is 10.7. The molecule has 0 aliphatic heterocycles. The predicted octanol–water partition coefficient (Wildman–Crippen LogP) is 3.74. The molecule has 2 saturated carbocycles. The third-order valence-corrected chi connectivity index (χ3v) is 5.76. The number of aryl methyl sites for hydroxylation is 2. The molecule has 25 heavy (non-hydrogen) atoms. The maximum absolute atomic E-state index is 12.4. The van der Waals surface area contributed by atoms with E-state index in [-0.39, 0.29) is 30.7 Å². The Balaban J connectivity index is 0.00000113. The zero-order valence-electron chi connectivity index (χ0n) is 14.3. The number of carbonyl (C=O) groups excluding carboxylic acids is 1. The van der Waals surface area contributed by atoms with E-state index in [2.05, 4.69) is 28.7 Å². The van der Waals surface area contributed by atoms with Gasteiger partial charge in [-0.1, -0.05) is 0 Å². The smallest absolute Gasteiger partial charge is 0.265 e. The minimum atomic E-state index is -0.0412. The third-order valence-electron chi connectivity index (χ3n) is 4.70. The Labute approximate surface area is 164 Å². The molecule has 0 bridgehead atoms. The van der Waals surface area contributed by atoms with Crippen LogP contribution in [0.1, 0.15) is 45.3 Å². The number of hydrogen-bond donors (Lipinski definition) is 2. The minimum Gasteiger partial charge on any atom is -0.319 e. The molecule has 0 unspecified atom stereocenters. The first-order valence-electron chi connectivity index (χ1n) is 8.24. The standard InChI is InChI=1S/C17H22N4OS.2ClH/c1-10-13(14-5-15(14)18-7-11-3-4-11)6-16(23-10)17(22)20-12-8-19-21(2)9-12;;/h6,8-9,11,14-15,18H,3-5,7H2,1-2H3,(H,20,22);2*1H/t14-,15+;;/m1../s1. The summed E-state index contributed by atoms with van der Waals surface area (Å²) >= 11 is 1.59. The van der Waals surface area contributed by atoms with Crippen molar-refractivity contribution in [1.29, 1.82) is 0 Å². The largest absolute Gasteiger partial charge is 0.319 e. The molecule has 5 nitrogen and oxygen atoms in total. The van der Waals surface area contributed by atoms with Crippen LogP contribution in [-0.2, 0) is 7.05 Å². The molecule has 0 saturated heterocycles. The molecule has 2 N–H and O–H groups in total. The lowest BCUT2D eigenvalue weighted by atomic mass is 10.1. The van der Waals surface area contributed by atoms with Crippen LogP contribution in [0.3, 0.4) is 0 Å². The number of rotatable bonds is 6. The molecule has 4 rings (SSSR count). The van der Waals surface area contributed by atoms with Crippen molar-refractivity contribution >= 4 is 47.7 Å². The highest BCUT2D eigenvalue weighted by Gasteiger charge is 2.40. The molecule has 0 aromatic carbocycles. The van der Waals surface area contributed by atoms with Crippen molar-refractivity contribution in [2.24, 2.45) is 13.0 Å². The summed E-state index contributed by atoms with van der Waals surface area (Å²) in [6.07, 6.45) is 7.45. The highest BCUT2D eigenvalue weighted by atomic mass is 35.5. The van der Waals surface area contributed by atoms with Gasteiger partial charge in [0, 0.05) is 30.1 Å². The lowest BCUT2D eigenvalue weighted by Crippen LogP contribution is -2.20. The molecule has 2 atom stereocenters. The van der Waals surface area contributed by atoms with Gasteiger partial charge in [0.25, 0.3) is 5.91 Å². The van der Waals surface area contributed by atoms with Crippen molar-refractivity contribution in [3.63, 3.8) is 0 Å². The molecule has 2 aromatic heterocycles. The van der Waals surface area contributed by atoms with Gasteiger partial charge in [-0.2, -0.15) is 5.10 Å². The van der Waals surface area contributed by atoms with E-state index in [4.69, 9.17) is 0 Å². The molecule has 2 aliphatic rings. The Morgan fingerprint density at radius 3 is 2.80 bits per heavy atom. The Bertz CT molecular complexity index is 741. The average Bonchev–Trinajstić information content (AvgIpc) is 3.41. The summed E-state index contributed by atoms with van der Waals surface area (Å²) in [6.45, 7) is 3.29. The van der Waals surface area contributed by atoms with Crippen LogP contribution >= 0.6 is 36.2 Å². The summed E-state index contributed by atoms with van der Waals surface area (Å²) in [5.41, 5.74) is 2.08. The first kappa shape index (κ1) is 20.2. The van der Waals surface area contributed by atoms with E-state index in [1.165, 1.54) is 36.2 Å². The number of aromatic nitrogens is 2. The van der Waals surface area contributed by atoms with E-state index in [9.17, 15) is 4.79 Å². The molecular weight excluding hydrogens is 379 g/mol. The fourth-order valence-electron chi connectivity index (χ4n) is 3.06. The molecule has 2 aliphatic carbocycles. The van der Waals surface area contributed by atoms with Gasteiger partial charge in [0.1, 0.15) is 0 Å². The fourth-order valence-corrected chi connectivity index (χ4v) is 4.05. The SMILES string of the molecule is Cc1sc(C(=O)Nc2cnn(C)c2)cc1[C@H]1C[C@@H]1NCC1CC1.Cl.Cl. The van der Waals surface area contributed by atoms with Crippen molar-refractivity contribution < 1.29 is 4.79 Å². The molecule has 8 heteroatoms. The van der Waals surface area contributed by atoms with Crippen LogP contribution in [-0.4, -0.2) is 28.3 Å². The van der Waals surface area contributed by atoms with Crippen LogP contribution in [0.25, 0.3) is 0 Å². The second-order valence-corrected chi connectivity index (χ2v) is 8.04. The van der Waals surface area contributed by atoms with E-state index in [0.717, 1.165) is 16.5 Å². The normalized spacial score (nSPS) is 21.2. The van der Waals surface area contributed by atoms with E-state index < -0.39 is 0 Å². The zero-order valence-corrected chi connectivity index (χ0v) is 16.8. The lowest BCUT2D eigenvalue weighted by molar-refractivity contribution is 0.103. The van der Waals surface area contributed by atoms with Gasteiger partial charge >= 0.3 is 0 Å². The molecule has 1 amide bonds. The molecule has 0 spiro atoms. The molecule has 0 radical (unpaired) electrons. The average molecular weight is 403 g/mol. The van der Waals surface area contributed by atoms with Crippen molar-refractivity contribution in [2.45, 2.75) is 38.1 Å². The number of anilines is 1. The number of hydrogen-bond acceptors (Lipinski definition) is 4. The van der Waals surface area contributed by atoms with Gasteiger partial charge in [-0.3, -0.25) is 9.48 Å². The molecule has 138 valence electrons. The topological polar surface area (TPSA) is 59.0 Å². The summed E-state index contributed by atoms with van der Waals surface area (Å²) in [4.78, 5) is 14.4. The fraction of sp³-hybridized carbons (Fsp3) is 0.529. The Hall–Kier alpha value is -1.08. The van der Waals surface area contributed by atoms with Gasteiger partial charge in [-0.05, 0) is 50.3 Å². The van der Waals surface area contributed by atoms with Gasteiger partial charge < -0.3 is 10.6 Å². The highest BCUT2D eigenvalue weighted by Crippen LogP contribution is 2.45. The van der Waals surface area contributed by atoms with Gasteiger partial charge in [-0.15, -0.1) is 36.2 Å². The summed E-state index contributed by atoms with van der Waals surface area (Å²) in [6, 6.07) is 2.69. The molecule has 2 fully saturated rings. The first-order chi connectivity index (χ1) is 11.1. The second-order valence-electron chi connectivity index (χ2n) is 6.78. The van der Waals surface area contributed by atoms with Crippen LogP contribution < -0.4 is 10.6 Å². The lowest BCUT2D eigenvalue weighted by Gasteiger charge is -2.02. The molecule has 2 heterocycles. The van der Waals surface area contributed by atoms with Crippen LogP contribution in [0.5, 0.6) is 0 Å². The van der Waals surface area contributed by atoms with E-state index in [1.54, 1.807) is 28.4 Å². The van der Waals surface area contributed by atoms with Gasteiger partial charge in [0.15, 0.2) is 0 Å². The van der Waals surface area contributed by atoms with E-state index >= 15 is 0 Å². The van der Waals surface area contributed by atoms with Crippen molar-refractivity contribution in [3.05, 3.63) is 33.8 Å². The Morgan fingerprint density at radius 1 is 1.40 bits per heavy atom. The Kier molecular flexibility index (Phi) is 6.54. The van der Waals surface area contributed by atoms with Crippen molar-refractivity contribution in [3.8, 4) is 0 Å². The monoisotopic (exact) mass is 402 g/mol. The molecular formula is C17H24Cl2N4OS. The van der Waals surface area contributed by atoms with Gasteiger partial charge in [-0.25, -0.2) is 0 Å².